The Hall–Kier alpha value is -1.40. The average molecular weight is 488 g/mol. The monoisotopic (exact) mass is 486 g/mol. The van der Waals surface area contributed by atoms with Crippen LogP contribution >= 0.6 is 46.6 Å². The number of halogens is 3. The van der Waals surface area contributed by atoms with Gasteiger partial charge in [-0.25, -0.2) is 0 Å². The summed E-state index contributed by atoms with van der Waals surface area (Å²) >= 11 is 19.6. The average Bonchev–Trinajstić information content (AvgIpc) is 2.70. The van der Waals surface area contributed by atoms with Gasteiger partial charge in [0, 0.05) is 33.1 Å². The standard InChI is InChI=1S/C22H25Cl3N2O2S/c1-14(2)11-26-22(29)15(3)27(12-16-4-5-18(24)10-20(16)25)21(28)13-30-19-8-6-17(23)7-9-19/h4-10,14-15H,11-13H2,1-3H3,(H,26,29)/t15-/m0/s1. The van der Waals surface area contributed by atoms with Crippen LogP contribution in [0.2, 0.25) is 15.1 Å². The summed E-state index contributed by atoms with van der Waals surface area (Å²) in [5.41, 5.74) is 0.731. The molecule has 2 aromatic rings. The maximum atomic E-state index is 13.1. The second-order valence-corrected chi connectivity index (χ2v) is 9.64. The minimum Gasteiger partial charge on any atom is -0.354 e. The van der Waals surface area contributed by atoms with Gasteiger partial charge in [-0.15, -0.1) is 11.8 Å². The van der Waals surface area contributed by atoms with Crippen LogP contribution < -0.4 is 5.32 Å². The molecule has 2 aromatic carbocycles. The summed E-state index contributed by atoms with van der Waals surface area (Å²) in [6, 6.07) is 11.8. The second-order valence-electron chi connectivity index (χ2n) is 7.31. The van der Waals surface area contributed by atoms with Crippen LogP contribution in [0, 0.1) is 5.92 Å². The molecule has 0 aliphatic rings. The first kappa shape index (κ1) is 24.9. The van der Waals surface area contributed by atoms with Crippen LogP contribution in [0.4, 0.5) is 0 Å². The molecule has 2 rings (SSSR count). The van der Waals surface area contributed by atoms with Crippen LogP contribution in [0.25, 0.3) is 0 Å². The summed E-state index contributed by atoms with van der Waals surface area (Å²) in [6.07, 6.45) is 0. The molecule has 2 amide bonds. The molecular weight excluding hydrogens is 463 g/mol. The van der Waals surface area contributed by atoms with Gasteiger partial charge in [0.15, 0.2) is 0 Å². The Morgan fingerprint density at radius 1 is 1.00 bits per heavy atom. The van der Waals surface area contributed by atoms with Crippen LogP contribution in [-0.4, -0.2) is 35.1 Å². The molecule has 0 unspecified atom stereocenters. The highest BCUT2D eigenvalue weighted by Crippen LogP contribution is 2.25. The number of thioether (sulfide) groups is 1. The second kappa shape index (κ2) is 11.8. The molecule has 0 saturated carbocycles. The van der Waals surface area contributed by atoms with E-state index in [-0.39, 0.29) is 24.1 Å². The third kappa shape index (κ3) is 7.69. The number of hydrogen-bond acceptors (Lipinski definition) is 3. The van der Waals surface area contributed by atoms with E-state index in [9.17, 15) is 9.59 Å². The molecule has 0 aliphatic heterocycles. The number of benzene rings is 2. The molecular formula is C22H25Cl3N2O2S. The van der Waals surface area contributed by atoms with Crippen LogP contribution in [0.1, 0.15) is 26.3 Å². The maximum absolute atomic E-state index is 13.1. The fourth-order valence-electron chi connectivity index (χ4n) is 2.63. The van der Waals surface area contributed by atoms with E-state index < -0.39 is 6.04 Å². The lowest BCUT2D eigenvalue weighted by Crippen LogP contribution is -2.48. The third-order valence-corrected chi connectivity index (χ3v) is 6.22. The number of amides is 2. The number of carbonyl (C=O) groups is 2. The van der Waals surface area contributed by atoms with Crippen molar-refractivity contribution in [2.45, 2.75) is 38.3 Å². The van der Waals surface area contributed by atoms with Gasteiger partial charge in [-0.05, 0) is 54.8 Å². The minimum absolute atomic E-state index is 0.159. The molecule has 0 spiro atoms. The SMILES string of the molecule is CC(C)CNC(=O)[C@H](C)N(Cc1ccc(Cl)cc1Cl)C(=O)CSc1ccc(Cl)cc1. The van der Waals surface area contributed by atoms with E-state index in [0.717, 1.165) is 10.5 Å². The molecule has 0 fully saturated rings. The van der Waals surface area contributed by atoms with Gasteiger partial charge in [-0.2, -0.15) is 0 Å². The quantitative estimate of drug-likeness (QED) is 0.446. The van der Waals surface area contributed by atoms with E-state index in [1.807, 2.05) is 26.0 Å². The lowest BCUT2D eigenvalue weighted by atomic mass is 10.1. The Labute approximate surface area is 197 Å². The highest BCUT2D eigenvalue weighted by Gasteiger charge is 2.26. The lowest BCUT2D eigenvalue weighted by molar-refractivity contribution is -0.138. The summed E-state index contributed by atoms with van der Waals surface area (Å²) in [6.45, 7) is 6.53. The van der Waals surface area contributed by atoms with Crippen molar-refractivity contribution >= 4 is 58.4 Å². The number of rotatable bonds is 9. The first-order valence-corrected chi connectivity index (χ1v) is 11.7. The Balaban J connectivity index is 2.16. The molecule has 0 aromatic heterocycles. The molecule has 1 atom stereocenters. The highest BCUT2D eigenvalue weighted by atomic mass is 35.5. The summed E-state index contributed by atoms with van der Waals surface area (Å²) in [5.74, 6) is 0.150. The van der Waals surface area contributed by atoms with Gasteiger partial charge in [0.2, 0.25) is 11.8 Å². The van der Waals surface area contributed by atoms with Crippen molar-refractivity contribution in [3.8, 4) is 0 Å². The van der Waals surface area contributed by atoms with Crippen LogP contribution in [-0.2, 0) is 16.1 Å². The van der Waals surface area contributed by atoms with Gasteiger partial charge in [0.25, 0.3) is 0 Å². The first-order valence-electron chi connectivity index (χ1n) is 9.57. The molecule has 0 saturated heterocycles. The van der Waals surface area contributed by atoms with Gasteiger partial charge in [-0.3, -0.25) is 9.59 Å². The fourth-order valence-corrected chi connectivity index (χ4v) is 4.01. The number of nitrogens with one attached hydrogen (secondary N) is 1. The van der Waals surface area contributed by atoms with Crippen LogP contribution in [0.3, 0.4) is 0 Å². The van der Waals surface area contributed by atoms with E-state index in [2.05, 4.69) is 5.32 Å². The van der Waals surface area contributed by atoms with Gasteiger partial charge in [0.05, 0.1) is 5.75 Å². The van der Waals surface area contributed by atoms with Crippen molar-refractivity contribution in [3.05, 3.63) is 63.1 Å². The van der Waals surface area contributed by atoms with E-state index in [1.165, 1.54) is 11.8 Å². The molecule has 8 heteroatoms. The Kier molecular flexibility index (Phi) is 9.82. The highest BCUT2D eigenvalue weighted by molar-refractivity contribution is 8.00. The van der Waals surface area contributed by atoms with Crippen molar-refractivity contribution in [1.82, 2.24) is 10.2 Å². The van der Waals surface area contributed by atoms with Crippen molar-refractivity contribution < 1.29 is 9.59 Å². The summed E-state index contributed by atoms with van der Waals surface area (Å²) in [5, 5.41) is 4.51. The van der Waals surface area contributed by atoms with E-state index in [0.29, 0.717) is 27.5 Å². The molecule has 4 nitrogen and oxygen atoms in total. The zero-order chi connectivity index (χ0) is 22.3. The van der Waals surface area contributed by atoms with Crippen molar-refractivity contribution in [2.75, 3.05) is 12.3 Å². The predicted octanol–water partition coefficient (Wildman–Crippen LogP) is 5.93. The summed E-state index contributed by atoms with van der Waals surface area (Å²) in [7, 11) is 0. The molecule has 0 aliphatic carbocycles. The van der Waals surface area contributed by atoms with Crippen LogP contribution in [0.5, 0.6) is 0 Å². The molecule has 30 heavy (non-hydrogen) atoms. The van der Waals surface area contributed by atoms with Gasteiger partial charge >= 0.3 is 0 Å². The molecule has 0 radical (unpaired) electrons. The number of carbonyl (C=O) groups excluding carboxylic acids is 2. The lowest BCUT2D eigenvalue weighted by Gasteiger charge is -2.29. The zero-order valence-electron chi connectivity index (χ0n) is 17.1. The van der Waals surface area contributed by atoms with E-state index in [1.54, 1.807) is 42.2 Å². The van der Waals surface area contributed by atoms with Crippen LogP contribution in [0.15, 0.2) is 47.4 Å². The molecule has 162 valence electrons. The molecule has 0 bridgehead atoms. The predicted molar refractivity (Wildman–Crippen MR) is 126 cm³/mol. The van der Waals surface area contributed by atoms with Crippen molar-refractivity contribution in [3.63, 3.8) is 0 Å². The van der Waals surface area contributed by atoms with Crippen molar-refractivity contribution in [1.29, 1.82) is 0 Å². The topological polar surface area (TPSA) is 49.4 Å². The Morgan fingerprint density at radius 3 is 2.23 bits per heavy atom. The smallest absolute Gasteiger partial charge is 0.242 e. The van der Waals surface area contributed by atoms with E-state index >= 15 is 0 Å². The molecule has 1 N–H and O–H groups in total. The van der Waals surface area contributed by atoms with Gasteiger partial charge in [-0.1, -0.05) is 54.7 Å². The minimum atomic E-state index is -0.645. The fraction of sp³-hybridized carbons (Fsp3) is 0.364. The maximum Gasteiger partial charge on any atom is 0.242 e. The number of hydrogen-bond donors (Lipinski definition) is 1. The summed E-state index contributed by atoms with van der Waals surface area (Å²) in [4.78, 5) is 28.2. The number of nitrogens with zero attached hydrogens (tertiary/aromatic N) is 1. The van der Waals surface area contributed by atoms with Gasteiger partial charge < -0.3 is 10.2 Å². The normalized spacial score (nSPS) is 12.0. The van der Waals surface area contributed by atoms with Crippen molar-refractivity contribution in [2.24, 2.45) is 5.92 Å². The van der Waals surface area contributed by atoms with E-state index in [4.69, 9.17) is 34.8 Å². The third-order valence-electron chi connectivity index (χ3n) is 4.38. The zero-order valence-corrected chi connectivity index (χ0v) is 20.2. The van der Waals surface area contributed by atoms with Gasteiger partial charge in [0.1, 0.15) is 6.04 Å². The Bertz CT molecular complexity index is 875. The first-order chi connectivity index (χ1) is 14.2. The largest absolute Gasteiger partial charge is 0.354 e. The molecule has 0 heterocycles. The summed E-state index contributed by atoms with van der Waals surface area (Å²) < 4.78 is 0. The Morgan fingerprint density at radius 2 is 1.63 bits per heavy atom.